The van der Waals surface area contributed by atoms with Crippen LogP contribution in [0.15, 0.2) is 23.6 Å². The Balaban J connectivity index is 2.26. The lowest BCUT2D eigenvalue weighted by Crippen LogP contribution is -2.15. The number of nitrogens with zero attached hydrogens (tertiary/aromatic N) is 1. The van der Waals surface area contributed by atoms with Gasteiger partial charge in [0.05, 0.1) is 6.04 Å². The second-order valence-electron chi connectivity index (χ2n) is 4.25. The van der Waals surface area contributed by atoms with Crippen LogP contribution in [0.5, 0.6) is 0 Å². The summed E-state index contributed by atoms with van der Waals surface area (Å²) in [6, 6.07) is 4.37. The molecule has 1 heterocycles. The van der Waals surface area contributed by atoms with Gasteiger partial charge >= 0.3 is 0 Å². The predicted octanol–water partition coefficient (Wildman–Crippen LogP) is 3.40. The molecule has 0 saturated carbocycles. The van der Waals surface area contributed by atoms with Crippen molar-refractivity contribution in [3.05, 3.63) is 45.7 Å². The molecule has 100 valence electrons. The van der Waals surface area contributed by atoms with Crippen LogP contribution < -0.4 is 11.1 Å². The van der Waals surface area contributed by atoms with E-state index in [1.165, 1.54) is 12.1 Å². The molecule has 1 atom stereocenters. The summed E-state index contributed by atoms with van der Waals surface area (Å²) in [5.74, 6) is -0.355. The molecule has 0 aliphatic carbocycles. The van der Waals surface area contributed by atoms with Crippen LogP contribution in [0.2, 0.25) is 0 Å². The van der Waals surface area contributed by atoms with Gasteiger partial charge in [0.1, 0.15) is 15.8 Å². The Morgan fingerprint density at radius 3 is 2.84 bits per heavy atom. The fourth-order valence-corrected chi connectivity index (χ4v) is 2.68. The summed E-state index contributed by atoms with van der Waals surface area (Å²) in [6.07, 6.45) is 0. The van der Waals surface area contributed by atoms with Crippen LogP contribution in [-0.2, 0) is 0 Å². The molecule has 19 heavy (non-hydrogen) atoms. The number of thiocarbonyl (C=S) groups is 1. The van der Waals surface area contributed by atoms with Crippen molar-refractivity contribution < 1.29 is 4.39 Å². The first-order valence-electron chi connectivity index (χ1n) is 5.75. The van der Waals surface area contributed by atoms with Gasteiger partial charge in [-0.25, -0.2) is 9.37 Å². The van der Waals surface area contributed by atoms with Crippen LogP contribution in [0, 0.1) is 12.7 Å². The Kier molecular flexibility index (Phi) is 4.11. The number of hydrogen-bond donors (Lipinski definition) is 2. The average molecular weight is 295 g/mol. The van der Waals surface area contributed by atoms with E-state index in [4.69, 9.17) is 18.0 Å². The summed E-state index contributed by atoms with van der Waals surface area (Å²) in [6.45, 7) is 3.94. The molecule has 0 amide bonds. The summed E-state index contributed by atoms with van der Waals surface area (Å²) in [7, 11) is 0. The van der Waals surface area contributed by atoms with Crippen LogP contribution in [0.3, 0.4) is 0 Å². The molecule has 3 nitrogen and oxygen atoms in total. The maximum absolute atomic E-state index is 13.2. The zero-order valence-electron chi connectivity index (χ0n) is 10.6. The highest BCUT2D eigenvalue weighted by Gasteiger charge is 2.13. The van der Waals surface area contributed by atoms with Gasteiger partial charge < -0.3 is 11.1 Å². The van der Waals surface area contributed by atoms with Crippen molar-refractivity contribution in [2.24, 2.45) is 5.73 Å². The molecule has 0 radical (unpaired) electrons. The lowest BCUT2D eigenvalue weighted by atomic mass is 10.1. The van der Waals surface area contributed by atoms with E-state index in [2.05, 4.69) is 10.3 Å². The third kappa shape index (κ3) is 3.27. The van der Waals surface area contributed by atoms with E-state index >= 15 is 0 Å². The Morgan fingerprint density at radius 2 is 2.26 bits per heavy atom. The highest BCUT2D eigenvalue weighted by atomic mass is 32.1. The van der Waals surface area contributed by atoms with Gasteiger partial charge in [-0.1, -0.05) is 12.2 Å². The maximum Gasteiger partial charge on any atom is 0.124 e. The first-order chi connectivity index (χ1) is 8.97. The van der Waals surface area contributed by atoms with Crippen LogP contribution >= 0.6 is 23.6 Å². The van der Waals surface area contributed by atoms with Crippen LogP contribution in [-0.4, -0.2) is 9.97 Å². The molecule has 0 saturated heterocycles. The van der Waals surface area contributed by atoms with E-state index in [0.717, 1.165) is 10.7 Å². The van der Waals surface area contributed by atoms with Crippen molar-refractivity contribution in [3.63, 3.8) is 0 Å². The average Bonchev–Trinajstić information content (AvgIpc) is 2.78. The molecule has 0 spiro atoms. The maximum atomic E-state index is 13.2. The number of benzene rings is 1. The lowest BCUT2D eigenvalue weighted by molar-refractivity contribution is 0.627. The third-order valence-corrected chi connectivity index (χ3v) is 3.99. The van der Waals surface area contributed by atoms with Crippen molar-refractivity contribution in [1.29, 1.82) is 0 Å². The minimum Gasteiger partial charge on any atom is -0.389 e. The van der Waals surface area contributed by atoms with Gasteiger partial charge in [-0.05, 0) is 32.0 Å². The smallest absolute Gasteiger partial charge is 0.124 e. The normalized spacial score (nSPS) is 12.2. The Bertz CT molecular complexity index is 610. The molecule has 2 rings (SSSR count). The Hall–Kier alpha value is -1.53. The van der Waals surface area contributed by atoms with Crippen molar-refractivity contribution in [2.75, 3.05) is 5.32 Å². The van der Waals surface area contributed by atoms with Crippen molar-refractivity contribution >= 4 is 34.2 Å². The first-order valence-corrected chi connectivity index (χ1v) is 7.04. The number of anilines is 1. The Labute approximate surface area is 120 Å². The highest BCUT2D eigenvalue weighted by Crippen LogP contribution is 2.25. The molecule has 0 bridgehead atoms. The topological polar surface area (TPSA) is 50.9 Å². The zero-order chi connectivity index (χ0) is 14.0. The summed E-state index contributed by atoms with van der Waals surface area (Å²) < 4.78 is 13.2. The van der Waals surface area contributed by atoms with Gasteiger partial charge in [-0.15, -0.1) is 11.3 Å². The summed E-state index contributed by atoms with van der Waals surface area (Å²) in [5.41, 5.74) is 7.83. The molecule has 2 aromatic rings. The number of nitrogens with two attached hydrogens (primary N) is 1. The minimum atomic E-state index is -0.355. The van der Waals surface area contributed by atoms with E-state index in [1.807, 2.05) is 19.2 Å². The predicted molar refractivity (Wildman–Crippen MR) is 81.2 cm³/mol. The van der Waals surface area contributed by atoms with E-state index in [1.54, 1.807) is 17.4 Å². The molecule has 0 aliphatic rings. The van der Waals surface area contributed by atoms with Crippen molar-refractivity contribution in [3.8, 4) is 0 Å². The number of rotatable bonds is 4. The molecular weight excluding hydrogens is 281 g/mol. The molecule has 3 N–H and O–H groups in total. The van der Waals surface area contributed by atoms with Gasteiger partial charge in [-0.3, -0.25) is 0 Å². The van der Waals surface area contributed by atoms with Crippen molar-refractivity contribution in [1.82, 2.24) is 4.98 Å². The second kappa shape index (κ2) is 5.63. The molecule has 1 unspecified atom stereocenters. The SMILES string of the molecule is Cc1csc(C(C)Nc2ccc(F)cc2C(N)=S)n1. The number of aromatic nitrogens is 1. The van der Waals surface area contributed by atoms with Crippen LogP contribution in [0.1, 0.15) is 29.2 Å². The van der Waals surface area contributed by atoms with Gasteiger partial charge in [0.15, 0.2) is 0 Å². The largest absolute Gasteiger partial charge is 0.389 e. The molecule has 1 aromatic heterocycles. The summed E-state index contributed by atoms with van der Waals surface area (Å²) >= 11 is 6.52. The van der Waals surface area contributed by atoms with Gasteiger partial charge in [0.25, 0.3) is 0 Å². The van der Waals surface area contributed by atoms with Crippen molar-refractivity contribution in [2.45, 2.75) is 19.9 Å². The number of nitrogens with one attached hydrogen (secondary N) is 1. The van der Waals surface area contributed by atoms with E-state index in [9.17, 15) is 4.39 Å². The van der Waals surface area contributed by atoms with Crippen LogP contribution in [0.4, 0.5) is 10.1 Å². The number of aryl methyl sites for hydroxylation is 1. The van der Waals surface area contributed by atoms with Gasteiger partial charge in [-0.2, -0.15) is 0 Å². The lowest BCUT2D eigenvalue weighted by Gasteiger charge is -2.16. The quantitative estimate of drug-likeness (QED) is 0.849. The third-order valence-electron chi connectivity index (χ3n) is 2.63. The minimum absolute atomic E-state index is 0.0114. The first kappa shape index (κ1) is 13.9. The zero-order valence-corrected chi connectivity index (χ0v) is 12.2. The standard InChI is InChI=1S/C13H14FN3S2/c1-7-6-19-13(16-7)8(2)17-11-4-3-9(14)5-10(11)12(15)18/h3-6,8,17H,1-2H3,(H2,15,18). The monoisotopic (exact) mass is 295 g/mol. The fourth-order valence-electron chi connectivity index (χ4n) is 1.71. The number of thiazole rings is 1. The van der Waals surface area contributed by atoms with E-state index in [-0.39, 0.29) is 16.8 Å². The summed E-state index contributed by atoms with van der Waals surface area (Å²) in [5, 5.41) is 6.22. The molecule has 0 fully saturated rings. The van der Waals surface area contributed by atoms with Crippen LogP contribution in [0.25, 0.3) is 0 Å². The number of hydrogen-bond acceptors (Lipinski definition) is 4. The molecular formula is C13H14FN3S2. The second-order valence-corrected chi connectivity index (χ2v) is 5.58. The fraction of sp³-hybridized carbons (Fsp3) is 0.231. The molecule has 1 aromatic carbocycles. The highest BCUT2D eigenvalue weighted by molar-refractivity contribution is 7.80. The molecule has 0 aliphatic heterocycles. The molecule has 6 heteroatoms. The van der Waals surface area contributed by atoms with E-state index < -0.39 is 0 Å². The van der Waals surface area contributed by atoms with E-state index in [0.29, 0.717) is 11.3 Å². The Morgan fingerprint density at radius 1 is 1.53 bits per heavy atom. The number of halogens is 1. The summed E-state index contributed by atoms with van der Waals surface area (Å²) in [4.78, 5) is 4.59. The van der Waals surface area contributed by atoms with Gasteiger partial charge in [0, 0.05) is 22.3 Å². The van der Waals surface area contributed by atoms with Gasteiger partial charge in [0.2, 0.25) is 0 Å².